The van der Waals surface area contributed by atoms with Crippen LogP contribution in [-0.2, 0) is 6.54 Å². The predicted molar refractivity (Wildman–Crippen MR) is 158 cm³/mol. The molecule has 1 aromatic heterocycles. The number of nitrogens with one attached hydrogen (secondary N) is 1. The standard InChI is InChI=1S/C32H29ClN4O2/c33-29-19-25(11-16-31(29)39-27-14-9-24(34)10-15-27)35-32(38)22-7-12-26(13-8-22)37-21-23(20-36-17-3-4-18-36)28-5-1-2-6-30(28)37/h1-2,5-16,19,21H,3-4,17-18,20,34H2,(H,35,38). The van der Waals surface area contributed by atoms with Crippen molar-refractivity contribution in [3.05, 3.63) is 113 Å². The van der Waals surface area contributed by atoms with Crippen LogP contribution >= 0.6 is 11.6 Å². The Bertz CT molecular complexity index is 1620. The zero-order valence-corrected chi connectivity index (χ0v) is 22.2. The van der Waals surface area contributed by atoms with Crippen LogP contribution in [0.25, 0.3) is 16.6 Å². The molecule has 2 heterocycles. The fraction of sp³-hybridized carbons (Fsp3) is 0.156. The highest BCUT2D eigenvalue weighted by Crippen LogP contribution is 2.32. The Morgan fingerprint density at radius 3 is 2.41 bits per heavy atom. The second-order valence-electron chi connectivity index (χ2n) is 9.84. The third-order valence-electron chi connectivity index (χ3n) is 7.09. The van der Waals surface area contributed by atoms with Gasteiger partial charge in [-0.25, -0.2) is 0 Å². The fourth-order valence-electron chi connectivity index (χ4n) is 5.07. The average molecular weight is 537 g/mol. The van der Waals surface area contributed by atoms with Crippen LogP contribution in [0.1, 0.15) is 28.8 Å². The smallest absolute Gasteiger partial charge is 0.255 e. The quantitative estimate of drug-likeness (QED) is 0.211. The Balaban J connectivity index is 1.17. The maximum Gasteiger partial charge on any atom is 0.255 e. The number of hydrogen-bond acceptors (Lipinski definition) is 4. The number of carbonyl (C=O) groups is 1. The summed E-state index contributed by atoms with van der Waals surface area (Å²) in [6.45, 7) is 3.28. The average Bonchev–Trinajstić information content (AvgIpc) is 3.60. The van der Waals surface area contributed by atoms with Crippen molar-refractivity contribution in [2.45, 2.75) is 19.4 Å². The first kappa shape index (κ1) is 25.0. The predicted octanol–water partition coefficient (Wildman–Crippen LogP) is 7.51. The lowest BCUT2D eigenvalue weighted by atomic mass is 10.1. The molecule has 5 aromatic rings. The Labute approximate surface area is 232 Å². The number of para-hydroxylation sites is 1. The highest BCUT2D eigenvalue weighted by atomic mass is 35.5. The van der Waals surface area contributed by atoms with Gasteiger partial charge in [0.15, 0.2) is 0 Å². The summed E-state index contributed by atoms with van der Waals surface area (Å²) >= 11 is 6.42. The minimum atomic E-state index is -0.211. The topological polar surface area (TPSA) is 72.5 Å². The van der Waals surface area contributed by atoms with Crippen LogP contribution in [0.4, 0.5) is 11.4 Å². The molecule has 1 amide bonds. The Kier molecular flexibility index (Phi) is 6.97. The number of amides is 1. The largest absolute Gasteiger partial charge is 0.456 e. The molecule has 1 fully saturated rings. The summed E-state index contributed by atoms with van der Waals surface area (Å²) in [5.74, 6) is 0.908. The molecule has 39 heavy (non-hydrogen) atoms. The number of nitrogens with two attached hydrogens (primary N) is 1. The monoisotopic (exact) mass is 536 g/mol. The molecule has 1 aliphatic rings. The second-order valence-corrected chi connectivity index (χ2v) is 10.2. The van der Waals surface area contributed by atoms with Crippen LogP contribution in [0, 0.1) is 0 Å². The van der Waals surface area contributed by atoms with E-state index in [1.54, 1.807) is 42.5 Å². The fourth-order valence-corrected chi connectivity index (χ4v) is 5.29. The van der Waals surface area contributed by atoms with E-state index >= 15 is 0 Å². The van der Waals surface area contributed by atoms with Gasteiger partial charge in [-0.2, -0.15) is 0 Å². The van der Waals surface area contributed by atoms with Gasteiger partial charge in [0.2, 0.25) is 0 Å². The summed E-state index contributed by atoms with van der Waals surface area (Å²) in [5, 5.41) is 4.59. The molecular formula is C32H29ClN4O2. The summed E-state index contributed by atoms with van der Waals surface area (Å²) in [5.41, 5.74) is 11.0. The van der Waals surface area contributed by atoms with Crippen molar-refractivity contribution in [3.63, 3.8) is 0 Å². The van der Waals surface area contributed by atoms with E-state index in [1.165, 1.54) is 29.3 Å². The molecule has 6 rings (SSSR count). The van der Waals surface area contributed by atoms with Crippen LogP contribution < -0.4 is 15.8 Å². The third-order valence-corrected chi connectivity index (χ3v) is 7.39. The first-order chi connectivity index (χ1) is 19.0. The number of benzene rings is 4. The van der Waals surface area contributed by atoms with Crippen LogP contribution in [0.3, 0.4) is 0 Å². The molecule has 0 saturated carbocycles. The molecule has 4 aromatic carbocycles. The van der Waals surface area contributed by atoms with Gasteiger partial charge >= 0.3 is 0 Å². The van der Waals surface area contributed by atoms with Crippen molar-refractivity contribution in [3.8, 4) is 17.2 Å². The lowest BCUT2D eigenvalue weighted by Gasteiger charge is -2.13. The van der Waals surface area contributed by atoms with Crippen molar-refractivity contribution in [2.75, 3.05) is 24.1 Å². The zero-order chi connectivity index (χ0) is 26.8. The summed E-state index contributed by atoms with van der Waals surface area (Å²) in [7, 11) is 0. The Hall–Kier alpha value is -4.26. The molecular weight excluding hydrogens is 508 g/mol. The molecule has 1 saturated heterocycles. The summed E-state index contributed by atoms with van der Waals surface area (Å²) < 4.78 is 8.04. The van der Waals surface area contributed by atoms with Crippen LogP contribution in [-0.4, -0.2) is 28.5 Å². The van der Waals surface area contributed by atoms with Crippen molar-refractivity contribution < 1.29 is 9.53 Å². The number of carbonyl (C=O) groups excluding carboxylic acids is 1. The zero-order valence-electron chi connectivity index (χ0n) is 21.4. The Morgan fingerprint density at radius 1 is 0.923 bits per heavy atom. The molecule has 196 valence electrons. The summed E-state index contributed by atoms with van der Waals surface area (Å²) in [4.78, 5) is 15.5. The molecule has 1 aliphatic heterocycles. The third kappa shape index (κ3) is 5.48. The number of anilines is 2. The second kappa shape index (κ2) is 10.8. The normalized spacial score (nSPS) is 13.6. The van der Waals surface area contributed by atoms with E-state index in [9.17, 15) is 4.79 Å². The van der Waals surface area contributed by atoms with E-state index in [1.807, 2.05) is 24.3 Å². The Morgan fingerprint density at radius 2 is 1.67 bits per heavy atom. The molecule has 0 spiro atoms. The van der Waals surface area contributed by atoms with Gasteiger partial charge in [0, 0.05) is 40.8 Å². The van der Waals surface area contributed by atoms with Crippen molar-refractivity contribution in [2.24, 2.45) is 0 Å². The number of halogens is 1. The summed E-state index contributed by atoms with van der Waals surface area (Å²) in [6.07, 6.45) is 4.78. The van der Waals surface area contributed by atoms with Crippen LogP contribution in [0.5, 0.6) is 11.5 Å². The van der Waals surface area contributed by atoms with Crippen LogP contribution in [0.15, 0.2) is 97.2 Å². The minimum Gasteiger partial charge on any atom is -0.456 e. The lowest BCUT2D eigenvalue weighted by molar-refractivity contribution is 0.102. The van der Waals surface area contributed by atoms with Gasteiger partial charge in [-0.1, -0.05) is 29.8 Å². The van der Waals surface area contributed by atoms with E-state index in [0.29, 0.717) is 33.5 Å². The van der Waals surface area contributed by atoms with Crippen molar-refractivity contribution in [1.82, 2.24) is 9.47 Å². The number of likely N-dealkylation sites (tertiary alicyclic amines) is 1. The molecule has 6 nitrogen and oxygen atoms in total. The number of aromatic nitrogens is 1. The molecule has 7 heteroatoms. The number of fused-ring (bicyclic) bond motifs is 1. The first-order valence-corrected chi connectivity index (χ1v) is 13.5. The molecule has 0 atom stereocenters. The van der Waals surface area contributed by atoms with Crippen molar-refractivity contribution in [1.29, 1.82) is 0 Å². The van der Waals surface area contributed by atoms with Gasteiger partial charge in [-0.05, 0) is 104 Å². The highest BCUT2D eigenvalue weighted by Gasteiger charge is 2.16. The van der Waals surface area contributed by atoms with E-state index in [4.69, 9.17) is 22.1 Å². The number of nitrogens with zero attached hydrogens (tertiary/aromatic N) is 2. The lowest BCUT2D eigenvalue weighted by Crippen LogP contribution is -2.18. The minimum absolute atomic E-state index is 0.211. The number of hydrogen-bond donors (Lipinski definition) is 2. The number of nitrogen functional groups attached to an aromatic ring is 1. The highest BCUT2D eigenvalue weighted by molar-refractivity contribution is 6.32. The van der Waals surface area contributed by atoms with Gasteiger partial charge in [0.1, 0.15) is 11.5 Å². The first-order valence-electron chi connectivity index (χ1n) is 13.1. The van der Waals surface area contributed by atoms with E-state index < -0.39 is 0 Å². The van der Waals surface area contributed by atoms with E-state index in [-0.39, 0.29) is 5.91 Å². The van der Waals surface area contributed by atoms with E-state index in [2.05, 4.69) is 45.2 Å². The van der Waals surface area contributed by atoms with E-state index in [0.717, 1.165) is 25.3 Å². The molecule has 0 aliphatic carbocycles. The maximum atomic E-state index is 13.0. The molecule has 3 N–H and O–H groups in total. The SMILES string of the molecule is Nc1ccc(Oc2ccc(NC(=O)c3ccc(-n4cc(CN5CCCC5)c5ccccc54)cc3)cc2Cl)cc1. The van der Waals surface area contributed by atoms with Gasteiger partial charge in [0.05, 0.1) is 10.5 Å². The van der Waals surface area contributed by atoms with Gasteiger partial charge in [-0.3, -0.25) is 9.69 Å². The van der Waals surface area contributed by atoms with Crippen LogP contribution in [0.2, 0.25) is 5.02 Å². The molecule has 0 unspecified atom stereocenters. The van der Waals surface area contributed by atoms with Crippen molar-refractivity contribution >= 4 is 39.8 Å². The number of rotatable bonds is 7. The maximum absolute atomic E-state index is 13.0. The van der Waals surface area contributed by atoms with Gasteiger partial charge in [-0.15, -0.1) is 0 Å². The molecule has 0 radical (unpaired) electrons. The van der Waals surface area contributed by atoms with Gasteiger partial charge in [0.25, 0.3) is 5.91 Å². The number of ether oxygens (including phenoxy) is 1. The molecule has 0 bridgehead atoms. The summed E-state index contributed by atoms with van der Waals surface area (Å²) in [6, 6.07) is 28.4. The van der Waals surface area contributed by atoms with Gasteiger partial charge < -0.3 is 20.4 Å².